The number of nitrogens with zero attached hydrogens (tertiary/aromatic N) is 3. The molecule has 0 radical (unpaired) electrons. The van der Waals surface area contributed by atoms with Gasteiger partial charge in [-0.1, -0.05) is 12.1 Å². The number of rotatable bonds is 4. The van der Waals surface area contributed by atoms with Crippen LogP contribution >= 0.6 is 0 Å². The molecule has 1 N–H and O–H groups in total. The molecule has 0 atom stereocenters. The molecule has 2 heterocycles. The third-order valence-corrected chi connectivity index (χ3v) is 4.57. The summed E-state index contributed by atoms with van der Waals surface area (Å²) in [5, 5.41) is 11.7. The molecule has 0 unspecified atom stereocenters. The average Bonchev–Trinajstić information content (AvgIpc) is 2.67. The number of aromatic nitrogens is 2. The van der Waals surface area contributed by atoms with Gasteiger partial charge in [-0.15, -0.1) is 10.2 Å². The van der Waals surface area contributed by atoms with E-state index in [2.05, 4.69) is 20.4 Å². The first kappa shape index (κ1) is 19.9. The van der Waals surface area contributed by atoms with Crippen molar-refractivity contribution in [2.24, 2.45) is 0 Å². The van der Waals surface area contributed by atoms with E-state index in [1.165, 1.54) is 0 Å². The number of amides is 1. The second-order valence-corrected chi connectivity index (χ2v) is 7.88. The molecule has 1 aliphatic rings. The average molecular weight is 384 g/mol. The zero-order valence-electron chi connectivity index (χ0n) is 16.9. The first-order valence-corrected chi connectivity index (χ1v) is 9.57. The van der Waals surface area contributed by atoms with Crippen molar-refractivity contribution in [1.29, 1.82) is 0 Å². The number of anilines is 1. The molecule has 28 heavy (non-hydrogen) atoms. The minimum atomic E-state index is -0.483. The number of methoxy groups -OCH3 is 1. The minimum absolute atomic E-state index is 0.118. The van der Waals surface area contributed by atoms with Gasteiger partial charge in [0.25, 0.3) is 0 Å². The number of benzene rings is 1. The number of alkyl carbamates (subject to hydrolysis) is 1. The molecular weight excluding hydrogens is 356 g/mol. The number of carbonyl (C=O) groups excluding carboxylic acids is 1. The Balaban J connectivity index is 1.57. The van der Waals surface area contributed by atoms with E-state index < -0.39 is 5.60 Å². The van der Waals surface area contributed by atoms with Crippen LogP contribution in [0.5, 0.6) is 5.75 Å². The van der Waals surface area contributed by atoms with E-state index in [1.54, 1.807) is 7.11 Å². The monoisotopic (exact) mass is 384 g/mol. The van der Waals surface area contributed by atoms with Crippen LogP contribution in [0.2, 0.25) is 0 Å². The van der Waals surface area contributed by atoms with E-state index in [0.29, 0.717) is 0 Å². The molecule has 7 nitrogen and oxygen atoms in total. The summed E-state index contributed by atoms with van der Waals surface area (Å²) in [5.41, 5.74) is 1.22. The van der Waals surface area contributed by atoms with Crippen molar-refractivity contribution in [3.05, 3.63) is 36.4 Å². The van der Waals surface area contributed by atoms with Crippen molar-refractivity contribution in [3.63, 3.8) is 0 Å². The van der Waals surface area contributed by atoms with Crippen molar-refractivity contribution in [1.82, 2.24) is 15.5 Å². The lowest BCUT2D eigenvalue weighted by Gasteiger charge is -2.33. The van der Waals surface area contributed by atoms with Gasteiger partial charge in [0, 0.05) is 24.7 Å². The predicted octanol–water partition coefficient (Wildman–Crippen LogP) is 3.65. The number of hydrogen-bond acceptors (Lipinski definition) is 6. The molecule has 2 aromatic rings. The summed E-state index contributed by atoms with van der Waals surface area (Å²) in [6.45, 7) is 7.21. The highest BCUT2D eigenvalue weighted by atomic mass is 16.6. The van der Waals surface area contributed by atoms with Crippen molar-refractivity contribution < 1.29 is 14.3 Å². The molecule has 3 rings (SSSR count). The third kappa shape index (κ3) is 5.12. The summed E-state index contributed by atoms with van der Waals surface area (Å²) in [5.74, 6) is 1.62. The lowest BCUT2D eigenvalue weighted by Crippen LogP contribution is -2.46. The standard InChI is InChI=1S/C21H28N4O3/c1-21(2,3)28-20(26)22-15-11-13-25(14-12-15)19-10-9-17(23-24-19)16-7-5-6-8-18(16)27-4/h5-10,15H,11-14H2,1-4H3,(H,22,26). The van der Waals surface area contributed by atoms with Gasteiger partial charge in [0.2, 0.25) is 0 Å². The van der Waals surface area contributed by atoms with Crippen LogP contribution < -0.4 is 15.0 Å². The minimum Gasteiger partial charge on any atom is -0.496 e. The van der Waals surface area contributed by atoms with Gasteiger partial charge in [0.15, 0.2) is 5.82 Å². The van der Waals surface area contributed by atoms with E-state index >= 15 is 0 Å². The summed E-state index contributed by atoms with van der Waals surface area (Å²) >= 11 is 0. The Morgan fingerprint density at radius 3 is 2.43 bits per heavy atom. The van der Waals surface area contributed by atoms with Crippen molar-refractivity contribution in [2.75, 3.05) is 25.1 Å². The van der Waals surface area contributed by atoms with Crippen molar-refractivity contribution >= 4 is 11.9 Å². The van der Waals surface area contributed by atoms with E-state index in [-0.39, 0.29) is 12.1 Å². The lowest BCUT2D eigenvalue weighted by atomic mass is 10.1. The maximum atomic E-state index is 11.9. The van der Waals surface area contributed by atoms with Crippen LogP contribution in [-0.4, -0.2) is 48.1 Å². The van der Waals surface area contributed by atoms with Gasteiger partial charge in [-0.25, -0.2) is 4.79 Å². The Hall–Kier alpha value is -2.83. The molecule has 1 aliphatic heterocycles. The number of para-hydroxylation sites is 1. The number of carbonyl (C=O) groups is 1. The molecule has 0 bridgehead atoms. The molecule has 150 valence electrons. The maximum absolute atomic E-state index is 11.9. The lowest BCUT2D eigenvalue weighted by molar-refractivity contribution is 0.0497. The fraction of sp³-hybridized carbons (Fsp3) is 0.476. The first-order valence-electron chi connectivity index (χ1n) is 9.57. The normalized spacial score (nSPS) is 15.2. The van der Waals surface area contributed by atoms with Crippen LogP contribution in [0.1, 0.15) is 33.6 Å². The van der Waals surface area contributed by atoms with E-state index in [1.807, 2.05) is 57.2 Å². The predicted molar refractivity (Wildman–Crippen MR) is 109 cm³/mol. The summed E-state index contributed by atoms with van der Waals surface area (Å²) in [7, 11) is 1.65. The topological polar surface area (TPSA) is 76.6 Å². The molecule has 1 fully saturated rings. The summed E-state index contributed by atoms with van der Waals surface area (Å²) in [4.78, 5) is 14.1. The summed E-state index contributed by atoms with van der Waals surface area (Å²) in [6, 6.07) is 11.8. The molecule has 0 saturated carbocycles. The third-order valence-electron chi connectivity index (χ3n) is 4.57. The van der Waals surface area contributed by atoms with Crippen LogP contribution in [0.15, 0.2) is 36.4 Å². The van der Waals surface area contributed by atoms with Crippen LogP contribution in [-0.2, 0) is 4.74 Å². The zero-order valence-corrected chi connectivity index (χ0v) is 16.9. The number of hydrogen-bond donors (Lipinski definition) is 1. The second kappa shape index (κ2) is 8.46. The zero-order chi connectivity index (χ0) is 20.1. The molecule has 1 aromatic carbocycles. The second-order valence-electron chi connectivity index (χ2n) is 7.88. The maximum Gasteiger partial charge on any atom is 0.407 e. The first-order chi connectivity index (χ1) is 13.4. The highest BCUT2D eigenvalue weighted by Crippen LogP contribution is 2.28. The van der Waals surface area contributed by atoms with E-state index in [4.69, 9.17) is 9.47 Å². The number of ether oxygens (including phenoxy) is 2. The highest BCUT2D eigenvalue weighted by molar-refractivity contribution is 5.68. The Labute approximate surface area is 166 Å². The Morgan fingerprint density at radius 1 is 1.11 bits per heavy atom. The Bertz CT molecular complexity index is 794. The highest BCUT2D eigenvalue weighted by Gasteiger charge is 2.24. The Kier molecular flexibility index (Phi) is 6.02. The van der Waals surface area contributed by atoms with Crippen LogP contribution in [0.4, 0.5) is 10.6 Å². The molecule has 1 saturated heterocycles. The molecule has 1 amide bonds. The smallest absolute Gasteiger partial charge is 0.407 e. The van der Waals surface area contributed by atoms with Crippen LogP contribution in [0.3, 0.4) is 0 Å². The summed E-state index contributed by atoms with van der Waals surface area (Å²) < 4.78 is 10.7. The number of piperidine rings is 1. The van der Waals surface area contributed by atoms with Crippen LogP contribution in [0, 0.1) is 0 Å². The van der Waals surface area contributed by atoms with Crippen molar-refractivity contribution in [2.45, 2.75) is 45.3 Å². The quantitative estimate of drug-likeness (QED) is 0.867. The van der Waals surface area contributed by atoms with Gasteiger partial charge in [-0.05, 0) is 57.9 Å². The van der Waals surface area contributed by atoms with E-state index in [0.717, 1.165) is 48.8 Å². The van der Waals surface area contributed by atoms with Gasteiger partial charge >= 0.3 is 6.09 Å². The van der Waals surface area contributed by atoms with E-state index in [9.17, 15) is 4.79 Å². The van der Waals surface area contributed by atoms with Gasteiger partial charge in [-0.2, -0.15) is 0 Å². The van der Waals surface area contributed by atoms with Crippen LogP contribution in [0.25, 0.3) is 11.3 Å². The van der Waals surface area contributed by atoms with Gasteiger partial charge in [0.05, 0.1) is 12.8 Å². The molecule has 1 aromatic heterocycles. The van der Waals surface area contributed by atoms with Crippen molar-refractivity contribution in [3.8, 4) is 17.0 Å². The molecular formula is C21H28N4O3. The van der Waals surface area contributed by atoms with Gasteiger partial charge < -0.3 is 19.7 Å². The fourth-order valence-corrected chi connectivity index (χ4v) is 3.22. The fourth-order valence-electron chi connectivity index (χ4n) is 3.22. The molecule has 0 aliphatic carbocycles. The number of nitrogens with one attached hydrogen (secondary N) is 1. The van der Waals surface area contributed by atoms with Gasteiger partial charge in [0.1, 0.15) is 11.4 Å². The molecule has 7 heteroatoms. The summed E-state index contributed by atoms with van der Waals surface area (Å²) in [6.07, 6.45) is 1.33. The SMILES string of the molecule is COc1ccccc1-c1ccc(N2CCC(NC(=O)OC(C)(C)C)CC2)nn1. The largest absolute Gasteiger partial charge is 0.496 e. The Morgan fingerprint density at radius 2 is 1.82 bits per heavy atom. The molecule has 0 spiro atoms. The van der Waals surface area contributed by atoms with Gasteiger partial charge in [-0.3, -0.25) is 0 Å².